The van der Waals surface area contributed by atoms with Crippen molar-refractivity contribution < 1.29 is 13.7 Å². The Morgan fingerprint density at radius 1 is 1.47 bits per heavy atom. The molecule has 4 nitrogen and oxygen atoms in total. The Bertz CT molecular complexity index is 568. The van der Waals surface area contributed by atoms with Gasteiger partial charge in [0, 0.05) is 11.8 Å². The lowest BCUT2D eigenvalue weighted by molar-refractivity contribution is 0.0988. The fourth-order valence-electron chi connectivity index (χ4n) is 1.24. The molecule has 0 saturated carbocycles. The van der Waals surface area contributed by atoms with Crippen molar-refractivity contribution >= 4 is 27.5 Å². The number of hydrogen-bond acceptors (Lipinski definition) is 3. The summed E-state index contributed by atoms with van der Waals surface area (Å²) < 4.78 is 18.1. The molecule has 0 aliphatic heterocycles. The maximum atomic E-state index is 13.0. The second kappa shape index (κ2) is 4.67. The lowest BCUT2D eigenvalue weighted by Crippen LogP contribution is -2.10. The second-order valence-electron chi connectivity index (χ2n) is 3.42. The van der Waals surface area contributed by atoms with Gasteiger partial charge in [0.1, 0.15) is 5.82 Å². The predicted molar refractivity (Wildman–Crippen MR) is 63.3 cm³/mol. The number of benzene rings is 1. The van der Waals surface area contributed by atoms with Crippen molar-refractivity contribution in [3.63, 3.8) is 0 Å². The Morgan fingerprint density at radius 2 is 2.24 bits per heavy atom. The minimum absolute atomic E-state index is 0.114. The number of anilines is 1. The van der Waals surface area contributed by atoms with Crippen LogP contribution in [0.3, 0.4) is 0 Å². The first-order valence-corrected chi connectivity index (χ1v) is 5.55. The molecule has 0 fully saturated rings. The van der Waals surface area contributed by atoms with E-state index in [0.717, 1.165) is 0 Å². The van der Waals surface area contributed by atoms with Crippen molar-refractivity contribution in [2.24, 2.45) is 0 Å². The van der Waals surface area contributed by atoms with Crippen LogP contribution in [0.4, 0.5) is 10.1 Å². The van der Waals surface area contributed by atoms with E-state index in [1.54, 1.807) is 6.92 Å². The number of halogens is 2. The summed E-state index contributed by atoms with van der Waals surface area (Å²) in [5, 5.41) is 6.18. The number of nitrogens with one attached hydrogen (secondary N) is 1. The first-order valence-electron chi connectivity index (χ1n) is 4.76. The fraction of sp³-hybridized carbons (Fsp3) is 0.0909. The molecule has 0 atom stereocenters. The van der Waals surface area contributed by atoms with Gasteiger partial charge in [-0.25, -0.2) is 4.39 Å². The van der Waals surface area contributed by atoms with Crippen LogP contribution in [-0.2, 0) is 0 Å². The van der Waals surface area contributed by atoms with Crippen LogP contribution in [0.25, 0.3) is 0 Å². The molecule has 1 aromatic carbocycles. The van der Waals surface area contributed by atoms with Crippen molar-refractivity contribution in [1.29, 1.82) is 0 Å². The first-order chi connectivity index (χ1) is 8.06. The van der Waals surface area contributed by atoms with Gasteiger partial charge in [0.05, 0.1) is 10.2 Å². The third-order valence-corrected chi connectivity index (χ3v) is 2.64. The quantitative estimate of drug-likeness (QED) is 0.927. The molecule has 0 saturated heterocycles. The molecule has 6 heteroatoms. The van der Waals surface area contributed by atoms with Gasteiger partial charge in [-0.3, -0.25) is 4.79 Å². The predicted octanol–water partition coefficient (Wildman–Crippen LogP) is 3.14. The van der Waals surface area contributed by atoms with E-state index in [1.165, 1.54) is 24.3 Å². The Balaban J connectivity index is 2.15. The van der Waals surface area contributed by atoms with Crippen molar-refractivity contribution in [3.05, 3.63) is 46.0 Å². The molecule has 17 heavy (non-hydrogen) atoms. The number of carbonyl (C=O) groups excluding carboxylic acids is 1. The minimum Gasteiger partial charge on any atom is -0.351 e. The lowest BCUT2D eigenvalue weighted by Gasteiger charge is -2.03. The zero-order valence-corrected chi connectivity index (χ0v) is 10.4. The standard InChI is InChI=1S/C11H8BrFN2O2/c1-6-4-10(17-15-6)11(16)14-7-2-3-9(13)8(12)5-7/h2-5H,1H3,(H,14,16). The number of amides is 1. The number of rotatable bonds is 2. The van der Waals surface area contributed by atoms with E-state index in [0.29, 0.717) is 11.4 Å². The molecule has 88 valence electrons. The van der Waals surface area contributed by atoms with Crippen LogP contribution in [0.15, 0.2) is 33.3 Å². The number of carbonyl (C=O) groups is 1. The average Bonchev–Trinajstić information content (AvgIpc) is 2.70. The van der Waals surface area contributed by atoms with Gasteiger partial charge >= 0.3 is 0 Å². The minimum atomic E-state index is -0.427. The highest BCUT2D eigenvalue weighted by Gasteiger charge is 2.12. The highest BCUT2D eigenvalue weighted by atomic mass is 79.9. The summed E-state index contributed by atoms with van der Waals surface area (Å²) >= 11 is 3.03. The van der Waals surface area contributed by atoms with Gasteiger partial charge in [-0.05, 0) is 41.1 Å². The molecule has 1 amide bonds. The summed E-state index contributed by atoms with van der Waals surface area (Å²) in [6, 6.07) is 5.71. The maximum Gasteiger partial charge on any atom is 0.294 e. The van der Waals surface area contributed by atoms with E-state index >= 15 is 0 Å². The molecule has 1 aromatic heterocycles. The highest BCUT2D eigenvalue weighted by Crippen LogP contribution is 2.20. The molecule has 2 rings (SSSR count). The van der Waals surface area contributed by atoms with Crippen molar-refractivity contribution in [3.8, 4) is 0 Å². The molecule has 0 radical (unpaired) electrons. The third kappa shape index (κ3) is 2.71. The van der Waals surface area contributed by atoms with Crippen LogP contribution >= 0.6 is 15.9 Å². The lowest BCUT2D eigenvalue weighted by atomic mass is 10.3. The van der Waals surface area contributed by atoms with Gasteiger partial charge in [-0.1, -0.05) is 5.16 Å². The van der Waals surface area contributed by atoms with Crippen LogP contribution in [0.2, 0.25) is 0 Å². The van der Waals surface area contributed by atoms with Gasteiger partial charge in [0.15, 0.2) is 0 Å². The summed E-state index contributed by atoms with van der Waals surface area (Å²) in [7, 11) is 0. The van der Waals surface area contributed by atoms with Gasteiger partial charge in [-0.15, -0.1) is 0 Å². The van der Waals surface area contributed by atoms with Crippen LogP contribution < -0.4 is 5.32 Å². The van der Waals surface area contributed by atoms with Crippen LogP contribution in [0.1, 0.15) is 16.2 Å². The van der Waals surface area contributed by atoms with Gasteiger partial charge in [0.25, 0.3) is 5.91 Å². The molecular formula is C11H8BrFN2O2. The Morgan fingerprint density at radius 3 is 2.82 bits per heavy atom. The number of hydrogen-bond donors (Lipinski definition) is 1. The largest absolute Gasteiger partial charge is 0.351 e. The molecule has 0 unspecified atom stereocenters. The zero-order chi connectivity index (χ0) is 12.4. The number of aromatic nitrogens is 1. The van der Waals surface area contributed by atoms with E-state index in [1.807, 2.05) is 0 Å². The molecule has 1 N–H and O–H groups in total. The van der Waals surface area contributed by atoms with E-state index in [4.69, 9.17) is 4.52 Å². The number of nitrogens with zero attached hydrogens (tertiary/aromatic N) is 1. The monoisotopic (exact) mass is 298 g/mol. The Kier molecular flexibility index (Phi) is 3.23. The smallest absolute Gasteiger partial charge is 0.294 e. The Labute approximate surface area is 105 Å². The van der Waals surface area contributed by atoms with Crippen molar-refractivity contribution in [2.45, 2.75) is 6.92 Å². The molecular weight excluding hydrogens is 291 g/mol. The summed E-state index contributed by atoms with van der Waals surface area (Å²) in [5.41, 5.74) is 1.09. The maximum absolute atomic E-state index is 13.0. The van der Waals surface area contributed by atoms with Gasteiger partial charge in [0.2, 0.25) is 5.76 Å². The average molecular weight is 299 g/mol. The summed E-state index contributed by atoms with van der Waals surface area (Å²) in [5.74, 6) is -0.703. The van der Waals surface area contributed by atoms with E-state index in [-0.39, 0.29) is 10.2 Å². The molecule has 0 aliphatic carbocycles. The van der Waals surface area contributed by atoms with Gasteiger partial charge < -0.3 is 9.84 Å². The Hall–Kier alpha value is -1.69. The third-order valence-electron chi connectivity index (χ3n) is 2.03. The van der Waals surface area contributed by atoms with Gasteiger partial charge in [-0.2, -0.15) is 0 Å². The van der Waals surface area contributed by atoms with E-state index < -0.39 is 11.7 Å². The van der Waals surface area contributed by atoms with E-state index in [9.17, 15) is 9.18 Å². The molecule has 2 aromatic rings. The topological polar surface area (TPSA) is 55.1 Å². The summed E-state index contributed by atoms with van der Waals surface area (Å²) in [4.78, 5) is 11.7. The summed E-state index contributed by atoms with van der Waals surface area (Å²) in [6.07, 6.45) is 0. The normalized spacial score (nSPS) is 10.3. The van der Waals surface area contributed by atoms with Crippen LogP contribution in [0.5, 0.6) is 0 Å². The molecule has 1 heterocycles. The van der Waals surface area contributed by atoms with Crippen LogP contribution in [0, 0.1) is 12.7 Å². The van der Waals surface area contributed by atoms with E-state index in [2.05, 4.69) is 26.4 Å². The number of aryl methyl sites for hydroxylation is 1. The van der Waals surface area contributed by atoms with Crippen LogP contribution in [-0.4, -0.2) is 11.1 Å². The first kappa shape index (κ1) is 11.8. The zero-order valence-electron chi connectivity index (χ0n) is 8.83. The second-order valence-corrected chi connectivity index (χ2v) is 4.27. The molecule has 0 bridgehead atoms. The summed E-state index contributed by atoms with van der Waals surface area (Å²) in [6.45, 7) is 1.72. The van der Waals surface area contributed by atoms with Crippen molar-refractivity contribution in [1.82, 2.24) is 5.16 Å². The SMILES string of the molecule is Cc1cc(C(=O)Nc2ccc(F)c(Br)c2)on1. The molecule has 0 spiro atoms. The highest BCUT2D eigenvalue weighted by molar-refractivity contribution is 9.10. The fourth-order valence-corrected chi connectivity index (χ4v) is 1.62. The molecule has 0 aliphatic rings. The van der Waals surface area contributed by atoms with Crippen molar-refractivity contribution in [2.75, 3.05) is 5.32 Å².